The van der Waals surface area contributed by atoms with Gasteiger partial charge < -0.3 is 15.4 Å². The van der Waals surface area contributed by atoms with Crippen LogP contribution in [0.3, 0.4) is 0 Å². The molecule has 2 saturated heterocycles. The zero-order valence-corrected chi connectivity index (χ0v) is 17.6. The van der Waals surface area contributed by atoms with E-state index in [0.717, 1.165) is 51.9 Å². The van der Waals surface area contributed by atoms with E-state index in [1.807, 2.05) is 0 Å². The third-order valence-electron chi connectivity index (χ3n) is 5.23. The molecule has 3 rings (SSSR count). The predicted octanol–water partition coefficient (Wildman–Crippen LogP) is 2.86. The van der Waals surface area contributed by atoms with Gasteiger partial charge in [-0.15, -0.1) is 0 Å². The zero-order valence-electron chi connectivity index (χ0n) is 16.8. The number of nitrogens with zero attached hydrogens (tertiary/aromatic N) is 2. The molecule has 6 heteroatoms. The van der Waals surface area contributed by atoms with Gasteiger partial charge in [0, 0.05) is 37.5 Å². The molecule has 150 valence electrons. The minimum absolute atomic E-state index is 0.345. The minimum atomic E-state index is 0.345. The van der Waals surface area contributed by atoms with Crippen molar-refractivity contribution in [1.82, 2.24) is 15.5 Å². The van der Waals surface area contributed by atoms with Crippen molar-refractivity contribution in [2.45, 2.75) is 44.5 Å². The Morgan fingerprint density at radius 1 is 1.19 bits per heavy atom. The first kappa shape index (κ1) is 20.5. The highest BCUT2D eigenvalue weighted by molar-refractivity contribution is 8.00. The van der Waals surface area contributed by atoms with Crippen molar-refractivity contribution in [2.75, 3.05) is 45.1 Å². The molecule has 2 aliphatic heterocycles. The summed E-state index contributed by atoms with van der Waals surface area (Å²) < 4.78 is 5.76. The van der Waals surface area contributed by atoms with Gasteiger partial charge in [0.2, 0.25) is 0 Å². The predicted molar refractivity (Wildman–Crippen MR) is 115 cm³/mol. The lowest BCUT2D eigenvalue weighted by Crippen LogP contribution is -2.43. The summed E-state index contributed by atoms with van der Waals surface area (Å²) in [6, 6.07) is 8.88. The minimum Gasteiger partial charge on any atom is -0.379 e. The van der Waals surface area contributed by atoms with E-state index in [0.29, 0.717) is 11.3 Å². The van der Waals surface area contributed by atoms with E-state index < -0.39 is 0 Å². The highest BCUT2D eigenvalue weighted by Crippen LogP contribution is 2.36. The molecule has 0 saturated carbocycles. The van der Waals surface area contributed by atoms with Gasteiger partial charge in [0.1, 0.15) is 0 Å². The number of rotatable bonds is 7. The third-order valence-corrected chi connectivity index (χ3v) is 6.77. The summed E-state index contributed by atoms with van der Waals surface area (Å²) in [5, 5.41) is 6.91. The molecule has 1 unspecified atom stereocenters. The molecular formula is C21H34N4OS. The third kappa shape index (κ3) is 6.70. The Bertz CT molecular complexity index is 593. The van der Waals surface area contributed by atoms with Gasteiger partial charge in [0.05, 0.1) is 19.8 Å². The monoisotopic (exact) mass is 390 g/mol. The molecule has 0 aliphatic carbocycles. The van der Waals surface area contributed by atoms with Crippen molar-refractivity contribution in [3.8, 4) is 0 Å². The molecule has 2 N–H and O–H groups in total. The topological polar surface area (TPSA) is 48.9 Å². The highest BCUT2D eigenvalue weighted by Gasteiger charge is 2.29. The number of hydrogen-bond donors (Lipinski definition) is 2. The molecule has 0 radical (unpaired) electrons. The van der Waals surface area contributed by atoms with Gasteiger partial charge in [-0.1, -0.05) is 24.3 Å². The lowest BCUT2D eigenvalue weighted by molar-refractivity contribution is 0.0342. The highest BCUT2D eigenvalue weighted by atomic mass is 32.2. The Balaban J connectivity index is 1.50. The van der Waals surface area contributed by atoms with Crippen LogP contribution >= 0.6 is 11.8 Å². The van der Waals surface area contributed by atoms with E-state index in [2.05, 4.69) is 65.4 Å². The quantitative estimate of drug-likeness (QED) is 0.554. The Labute approximate surface area is 168 Å². The van der Waals surface area contributed by atoms with Crippen LogP contribution in [0, 0.1) is 0 Å². The smallest absolute Gasteiger partial charge is 0.191 e. The molecule has 1 aromatic rings. The van der Waals surface area contributed by atoms with Crippen LogP contribution in [-0.2, 0) is 17.8 Å². The number of guanidine groups is 1. The Morgan fingerprint density at radius 3 is 2.59 bits per heavy atom. The van der Waals surface area contributed by atoms with Crippen LogP contribution < -0.4 is 10.6 Å². The van der Waals surface area contributed by atoms with Crippen molar-refractivity contribution < 1.29 is 4.74 Å². The first-order chi connectivity index (χ1) is 13.2. The van der Waals surface area contributed by atoms with Crippen molar-refractivity contribution in [3.63, 3.8) is 0 Å². The Kier molecular flexibility index (Phi) is 7.85. The van der Waals surface area contributed by atoms with Crippen molar-refractivity contribution >= 4 is 17.7 Å². The number of benzene rings is 1. The summed E-state index contributed by atoms with van der Waals surface area (Å²) in [5.41, 5.74) is 2.61. The number of nitrogens with one attached hydrogen (secondary N) is 2. The molecule has 2 fully saturated rings. The van der Waals surface area contributed by atoms with Gasteiger partial charge in [0.25, 0.3) is 0 Å². The fourth-order valence-corrected chi connectivity index (χ4v) is 4.77. The standard InChI is InChI=1S/C21H34N4OS/c1-3-22-20(24-17-21(2)9-4-14-27-21)23-15-18-5-7-19(8-6-18)16-25-10-12-26-13-11-25/h5-8H,3-4,9-17H2,1-2H3,(H2,22,23,24). The SMILES string of the molecule is CCNC(=NCc1ccc(CN2CCOCC2)cc1)NCC1(C)CCCS1. The van der Waals surface area contributed by atoms with Crippen LogP contribution in [0.2, 0.25) is 0 Å². The number of thioether (sulfide) groups is 1. The average molecular weight is 391 g/mol. The summed E-state index contributed by atoms with van der Waals surface area (Å²) in [7, 11) is 0. The molecule has 27 heavy (non-hydrogen) atoms. The fraction of sp³-hybridized carbons (Fsp3) is 0.667. The average Bonchev–Trinajstić information content (AvgIpc) is 3.13. The van der Waals surface area contributed by atoms with Crippen LogP contribution in [0.5, 0.6) is 0 Å². The van der Waals surface area contributed by atoms with Crippen LogP contribution in [0.15, 0.2) is 29.3 Å². The second-order valence-corrected chi connectivity index (χ2v) is 9.34. The first-order valence-electron chi connectivity index (χ1n) is 10.2. The largest absolute Gasteiger partial charge is 0.379 e. The number of ether oxygens (including phenoxy) is 1. The molecule has 2 heterocycles. The molecule has 1 atom stereocenters. The first-order valence-corrected chi connectivity index (χ1v) is 11.2. The van der Waals surface area contributed by atoms with Gasteiger partial charge in [-0.3, -0.25) is 4.90 Å². The summed E-state index contributed by atoms with van der Waals surface area (Å²) >= 11 is 2.08. The number of hydrogen-bond acceptors (Lipinski definition) is 4. The Morgan fingerprint density at radius 2 is 1.93 bits per heavy atom. The summed E-state index contributed by atoms with van der Waals surface area (Å²) in [5.74, 6) is 2.20. The molecule has 1 aromatic carbocycles. The summed E-state index contributed by atoms with van der Waals surface area (Å²) in [4.78, 5) is 7.23. The van der Waals surface area contributed by atoms with E-state index in [1.165, 1.54) is 29.7 Å². The summed E-state index contributed by atoms with van der Waals surface area (Å²) in [6.45, 7) is 11.8. The van der Waals surface area contributed by atoms with Gasteiger partial charge in [-0.05, 0) is 43.6 Å². The number of aliphatic imine (C=N–C) groups is 1. The van der Waals surface area contributed by atoms with Crippen LogP contribution in [-0.4, -0.2) is 60.8 Å². The van der Waals surface area contributed by atoms with Crippen molar-refractivity contribution in [1.29, 1.82) is 0 Å². The van der Waals surface area contributed by atoms with Crippen LogP contribution in [0.4, 0.5) is 0 Å². The van der Waals surface area contributed by atoms with Crippen LogP contribution in [0.1, 0.15) is 37.8 Å². The molecule has 5 nitrogen and oxygen atoms in total. The van der Waals surface area contributed by atoms with E-state index in [1.54, 1.807) is 0 Å². The van der Waals surface area contributed by atoms with E-state index in [9.17, 15) is 0 Å². The van der Waals surface area contributed by atoms with E-state index in [4.69, 9.17) is 9.73 Å². The maximum atomic E-state index is 5.42. The number of morpholine rings is 1. The van der Waals surface area contributed by atoms with Gasteiger partial charge >= 0.3 is 0 Å². The lowest BCUT2D eigenvalue weighted by Gasteiger charge is -2.26. The Hall–Kier alpha value is -1.24. The molecular weight excluding hydrogens is 356 g/mol. The second-order valence-electron chi connectivity index (χ2n) is 7.66. The van der Waals surface area contributed by atoms with E-state index in [-0.39, 0.29) is 0 Å². The lowest BCUT2D eigenvalue weighted by atomic mass is 10.1. The normalized spacial score (nSPS) is 24.1. The molecule has 2 aliphatic rings. The molecule has 0 aromatic heterocycles. The van der Waals surface area contributed by atoms with Crippen molar-refractivity contribution in [3.05, 3.63) is 35.4 Å². The molecule has 0 amide bonds. The molecule has 0 spiro atoms. The maximum absolute atomic E-state index is 5.42. The van der Waals surface area contributed by atoms with E-state index >= 15 is 0 Å². The zero-order chi connectivity index (χ0) is 19.0. The summed E-state index contributed by atoms with van der Waals surface area (Å²) in [6.07, 6.45) is 2.61. The maximum Gasteiger partial charge on any atom is 0.191 e. The van der Waals surface area contributed by atoms with Crippen molar-refractivity contribution in [2.24, 2.45) is 4.99 Å². The van der Waals surface area contributed by atoms with Gasteiger partial charge in [0.15, 0.2) is 5.96 Å². The second kappa shape index (κ2) is 10.3. The van der Waals surface area contributed by atoms with Gasteiger partial charge in [-0.2, -0.15) is 11.8 Å². The fourth-order valence-electron chi connectivity index (χ4n) is 3.53. The van der Waals surface area contributed by atoms with Crippen LogP contribution in [0.25, 0.3) is 0 Å². The van der Waals surface area contributed by atoms with Gasteiger partial charge in [-0.25, -0.2) is 4.99 Å². The molecule has 0 bridgehead atoms.